The number of amides is 5. The van der Waals surface area contributed by atoms with E-state index >= 15 is 0 Å². The van der Waals surface area contributed by atoms with Crippen molar-refractivity contribution in [3.63, 3.8) is 0 Å². The number of carbonyl (C=O) groups excluding carboxylic acids is 4. The van der Waals surface area contributed by atoms with Crippen LogP contribution in [0, 0.1) is 11.3 Å². The molecule has 1 saturated heterocycles. The van der Waals surface area contributed by atoms with Crippen LogP contribution in [0.1, 0.15) is 76.0 Å². The maximum atomic E-state index is 14.5. The number of nitrogens with zero attached hydrogens (tertiary/aromatic N) is 2. The van der Waals surface area contributed by atoms with Gasteiger partial charge in [0, 0.05) is 30.0 Å². The van der Waals surface area contributed by atoms with Crippen molar-refractivity contribution < 1.29 is 32.4 Å². The minimum Gasteiger partial charge on any atom is -0.390 e. The zero-order chi connectivity index (χ0) is 37.7. The van der Waals surface area contributed by atoms with Crippen molar-refractivity contribution in [2.24, 2.45) is 16.5 Å². The van der Waals surface area contributed by atoms with E-state index in [0.29, 0.717) is 37.9 Å². The molecule has 13 nitrogen and oxygen atoms in total. The monoisotopic (exact) mass is 742 g/mol. The predicted octanol–water partition coefficient (Wildman–Crippen LogP) is 3.60. The van der Waals surface area contributed by atoms with Gasteiger partial charge >= 0.3 is 6.03 Å². The first-order chi connectivity index (χ1) is 25.2. The zero-order valence-corrected chi connectivity index (χ0v) is 31.0. The van der Waals surface area contributed by atoms with E-state index in [0.717, 1.165) is 27.8 Å². The van der Waals surface area contributed by atoms with E-state index in [4.69, 9.17) is 4.84 Å². The van der Waals surface area contributed by atoms with Crippen LogP contribution < -0.4 is 20.7 Å². The molecule has 0 spiro atoms. The smallest absolute Gasteiger partial charge is 0.315 e. The Morgan fingerprint density at radius 3 is 2.51 bits per heavy atom. The molecule has 2 aromatic rings. The predicted molar refractivity (Wildman–Crippen MR) is 200 cm³/mol. The first-order valence-corrected chi connectivity index (χ1v) is 19.8. The van der Waals surface area contributed by atoms with Crippen molar-refractivity contribution in [1.82, 2.24) is 25.6 Å². The summed E-state index contributed by atoms with van der Waals surface area (Å²) in [4.78, 5) is 63.0. The van der Waals surface area contributed by atoms with Crippen molar-refractivity contribution in [2.45, 2.75) is 88.3 Å². The lowest BCUT2D eigenvalue weighted by molar-refractivity contribution is -0.142. The number of rotatable bonds is 6. The third-order valence-corrected chi connectivity index (χ3v) is 12.5. The highest BCUT2D eigenvalue weighted by Crippen LogP contribution is 2.46. The molecule has 2 heterocycles. The standard InChI is InChI=1S/C39H46N6O7S/c1-5-24-21-39(24,36(48)44-53(50,51)26-15-16-26)42-34(46)31-20-25-22-45(31)35(47)33(38(2,3)4)41-37(49)40-18-10-6-7-11-23-14-17-28-27-12-8-9-13-29(27)32(43-52-25)30(28)19-23/h5,7-9,11-14,17,19,24-26,31,33H,1,6,10,15-16,18,20-22H2,2-4H3,(H,42,46)(H,44,48)(H2,40,41,49)/b11-7+,43-32+/t24-,25?,31?,33-,39?/m1/s1. The van der Waals surface area contributed by atoms with Crippen LogP contribution in [0.4, 0.5) is 4.79 Å². The van der Waals surface area contributed by atoms with Crippen LogP contribution in [-0.4, -0.2) is 84.8 Å². The largest absolute Gasteiger partial charge is 0.390 e. The lowest BCUT2D eigenvalue weighted by Gasteiger charge is -2.35. The van der Waals surface area contributed by atoms with Gasteiger partial charge in [-0.25, -0.2) is 13.2 Å². The number of allylic oxidation sites excluding steroid dienone is 1. The van der Waals surface area contributed by atoms with Crippen LogP contribution in [0.3, 0.4) is 0 Å². The third-order valence-electron chi connectivity index (χ3n) is 10.7. The number of hydrogen-bond donors (Lipinski definition) is 4. The Bertz CT molecular complexity index is 2030. The molecule has 3 fully saturated rings. The Morgan fingerprint density at radius 1 is 1.08 bits per heavy atom. The summed E-state index contributed by atoms with van der Waals surface area (Å²) in [6.45, 7) is 9.60. The van der Waals surface area contributed by atoms with E-state index in [1.165, 1.54) is 11.0 Å². The van der Waals surface area contributed by atoms with Gasteiger partial charge in [-0.05, 0) is 60.3 Å². The molecule has 5 amide bonds. The highest BCUT2D eigenvalue weighted by molar-refractivity contribution is 7.91. The molecule has 3 aliphatic carbocycles. The molecule has 0 aromatic heterocycles. The van der Waals surface area contributed by atoms with Gasteiger partial charge in [-0.3, -0.25) is 19.1 Å². The quantitative estimate of drug-likeness (QED) is 0.279. The van der Waals surface area contributed by atoms with E-state index in [2.05, 4.69) is 50.6 Å². The number of fused-ring (bicyclic) bond motifs is 6. The minimum atomic E-state index is -3.89. The molecule has 2 aromatic carbocycles. The molecule has 2 aliphatic heterocycles. The SMILES string of the molecule is C=C[C@@H]1CC1(NC(=O)C1CC2CN1C(=O)[C@H](C(C)(C)C)NC(=O)NCCC/C=C/c1ccc3c(c1)/C(=N/O2)c1ccccc1-3)C(=O)NS(=O)(=O)C1CC1. The van der Waals surface area contributed by atoms with Crippen LogP contribution in [-0.2, 0) is 29.2 Å². The normalized spacial score (nSPS) is 28.7. The lowest BCUT2D eigenvalue weighted by atomic mass is 9.85. The maximum absolute atomic E-state index is 14.5. The van der Waals surface area contributed by atoms with Gasteiger partial charge in [0.25, 0.3) is 5.91 Å². The van der Waals surface area contributed by atoms with Gasteiger partial charge in [0.05, 0.1) is 11.8 Å². The number of oxime groups is 1. The number of urea groups is 1. The van der Waals surface area contributed by atoms with Gasteiger partial charge in [0.1, 0.15) is 29.4 Å². The minimum absolute atomic E-state index is 0.0268. The summed E-state index contributed by atoms with van der Waals surface area (Å²) in [5.74, 6) is -2.48. The number of carbonyl (C=O) groups is 4. The highest BCUT2D eigenvalue weighted by atomic mass is 32.2. The Balaban J connectivity index is 1.22. The summed E-state index contributed by atoms with van der Waals surface area (Å²) in [5, 5.41) is 12.5. The molecule has 5 aliphatic rings. The number of nitrogens with one attached hydrogen (secondary N) is 4. The molecular formula is C39H46N6O7S. The van der Waals surface area contributed by atoms with Crippen molar-refractivity contribution >= 4 is 45.6 Å². The number of hydrogen-bond acceptors (Lipinski definition) is 8. The average Bonchev–Trinajstić information content (AvgIpc) is 4.03. The summed E-state index contributed by atoms with van der Waals surface area (Å²) in [6.07, 6.45) is 7.39. The molecule has 7 rings (SSSR count). The number of benzene rings is 2. The van der Waals surface area contributed by atoms with E-state index in [1.54, 1.807) is 0 Å². The molecule has 4 bridgehead atoms. The first-order valence-electron chi connectivity index (χ1n) is 18.2. The number of sulfonamides is 1. The summed E-state index contributed by atoms with van der Waals surface area (Å²) in [7, 11) is -3.89. The summed E-state index contributed by atoms with van der Waals surface area (Å²) >= 11 is 0. The van der Waals surface area contributed by atoms with Crippen molar-refractivity contribution in [3.05, 3.63) is 77.9 Å². The fourth-order valence-electron chi connectivity index (χ4n) is 7.41. The van der Waals surface area contributed by atoms with Crippen LogP contribution in [0.25, 0.3) is 17.2 Å². The molecule has 4 N–H and O–H groups in total. The van der Waals surface area contributed by atoms with Gasteiger partial charge in [-0.15, -0.1) is 6.58 Å². The lowest BCUT2D eigenvalue weighted by Crippen LogP contribution is -2.61. The van der Waals surface area contributed by atoms with Gasteiger partial charge in [0.2, 0.25) is 21.8 Å². The Labute approximate surface area is 309 Å². The van der Waals surface area contributed by atoms with Gasteiger partial charge < -0.3 is 25.7 Å². The zero-order valence-electron chi connectivity index (χ0n) is 30.2. The maximum Gasteiger partial charge on any atom is 0.315 e. The fourth-order valence-corrected chi connectivity index (χ4v) is 8.78. The summed E-state index contributed by atoms with van der Waals surface area (Å²) < 4.78 is 27.6. The second kappa shape index (κ2) is 13.8. The first kappa shape index (κ1) is 36.4. The van der Waals surface area contributed by atoms with Crippen LogP contribution in [0.15, 0.2) is 66.4 Å². The summed E-state index contributed by atoms with van der Waals surface area (Å²) in [5.41, 5.74) is 3.16. The Hall–Kier alpha value is -4.98. The topological polar surface area (TPSA) is 175 Å². The van der Waals surface area contributed by atoms with Gasteiger partial charge in [0.15, 0.2) is 0 Å². The van der Waals surface area contributed by atoms with Gasteiger partial charge in [-0.2, -0.15) is 0 Å². The van der Waals surface area contributed by atoms with Crippen molar-refractivity contribution in [2.75, 3.05) is 13.1 Å². The van der Waals surface area contributed by atoms with Crippen molar-refractivity contribution in [3.8, 4) is 11.1 Å². The molecule has 53 heavy (non-hydrogen) atoms. The average molecular weight is 743 g/mol. The fraction of sp³-hybridized carbons (Fsp3) is 0.462. The second-order valence-electron chi connectivity index (χ2n) is 15.7. The third kappa shape index (κ3) is 7.20. The van der Waals surface area contributed by atoms with E-state index in [9.17, 15) is 27.6 Å². The molecule has 280 valence electrons. The molecular weight excluding hydrogens is 697 g/mol. The molecule has 5 atom stereocenters. The molecule has 3 unspecified atom stereocenters. The molecule has 0 radical (unpaired) electrons. The van der Waals surface area contributed by atoms with Crippen molar-refractivity contribution in [1.29, 1.82) is 0 Å². The van der Waals surface area contributed by atoms with E-state index in [1.807, 2.05) is 57.2 Å². The molecule has 14 heteroatoms. The second-order valence-corrected chi connectivity index (χ2v) is 17.6. The van der Waals surface area contributed by atoms with Crippen LogP contribution in [0.2, 0.25) is 0 Å². The van der Waals surface area contributed by atoms with E-state index < -0.39 is 74.1 Å². The Morgan fingerprint density at radius 2 is 1.81 bits per heavy atom. The van der Waals surface area contributed by atoms with E-state index in [-0.39, 0.29) is 19.4 Å². The molecule has 2 saturated carbocycles. The highest BCUT2D eigenvalue weighted by Gasteiger charge is 2.62. The van der Waals surface area contributed by atoms with Crippen LogP contribution in [0.5, 0.6) is 0 Å². The van der Waals surface area contributed by atoms with Crippen LogP contribution >= 0.6 is 0 Å². The van der Waals surface area contributed by atoms with Gasteiger partial charge in [-0.1, -0.05) is 80.6 Å². The summed E-state index contributed by atoms with van der Waals surface area (Å²) in [6, 6.07) is 11.4. The Kier molecular flexibility index (Phi) is 9.46.